The highest BCUT2D eigenvalue weighted by molar-refractivity contribution is 4.80. The van der Waals surface area contributed by atoms with E-state index in [0.717, 1.165) is 32.5 Å². The molecule has 1 unspecified atom stereocenters. The van der Waals surface area contributed by atoms with E-state index >= 15 is 0 Å². The molecule has 90 valence electrons. The Labute approximate surface area is 91.8 Å². The Morgan fingerprint density at radius 2 is 2.20 bits per heavy atom. The van der Waals surface area contributed by atoms with Gasteiger partial charge in [-0.3, -0.25) is 4.90 Å². The van der Waals surface area contributed by atoms with Crippen molar-refractivity contribution in [2.45, 2.75) is 25.9 Å². The van der Waals surface area contributed by atoms with Gasteiger partial charge in [0.1, 0.15) is 0 Å². The van der Waals surface area contributed by atoms with Gasteiger partial charge in [0.25, 0.3) is 0 Å². The second kappa shape index (κ2) is 7.17. The maximum Gasteiger partial charge on any atom is 0.0900 e. The van der Waals surface area contributed by atoms with Gasteiger partial charge in [0.15, 0.2) is 0 Å². The summed E-state index contributed by atoms with van der Waals surface area (Å²) in [5.41, 5.74) is 0. The molecule has 4 heteroatoms. The highest BCUT2D eigenvalue weighted by atomic mass is 16.5. The number of unbranched alkanes of at least 4 members (excludes halogenated alkanes) is 1. The van der Waals surface area contributed by atoms with Crippen LogP contribution in [-0.4, -0.2) is 60.7 Å². The maximum absolute atomic E-state index is 9.61. The Morgan fingerprint density at radius 1 is 1.47 bits per heavy atom. The molecular formula is C11H23NO3. The van der Waals surface area contributed by atoms with E-state index in [1.165, 1.54) is 0 Å². The molecule has 2 N–H and O–H groups in total. The van der Waals surface area contributed by atoms with Crippen molar-refractivity contribution in [3.05, 3.63) is 0 Å². The van der Waals surface area contributed by atoms with Crippen molar-refractivity contribution in [3.63, 3.8) is 0 Å². The molecule has 0 saturated carbocycles. The van der Waals surface area contributed by atoms with Crippen LogP contribution in [0, 0.1) is 5.92 Å². The van der Waals surface area contributed by atoms with E-state index in [1.54, 1.807) is 0 Å². The number of aliphatic hydroxyl groups excluding tert-OH is 2. The summed E-state index contributed by atoms with van der Waals surface area (Å²) in [4.78, 5) is 2.15. The van der Waals surface area contributed by atoms with Crippen molar-refractivity contribution < 1.29 is 14.9 Å². The van der Waals surface area contributed by atoms with Gasteiger partial charge in [-0.25, -0.2) is 0 Å². The summed E-state index contributed by atoms with van der Waals surface area (Å²) in [7, 11) is 0. The summed E-state index contributed by atoms with van der Waals surface area (Å²) in [6.45, 7) is 6.04. The predicted octanol–water partition coefficient (Wildman–Crippen LogP) is 0.0881. The quantitative estimate of drug-likeness (QED) is 0.566. The van der Waals surface area contributed by atoms with E-state index in [9.17, 15) is 5.11 Å². The minimum Gasteiger partial charge on any atom is -0.396 e. The van der Waals surface area contributed by atoms with Gasteiger partial charge in [-0.2, -0.15) is 0 Å². The summed E-state index contributed by atoms with van der Waals surface area (Å²) < 4.78 is 5.33. The fourth-order valence-corrected chi connectivity index (χ4v) is 1.76. The lowest BCUT2D eigenvalue weighted by Crippen LogP contribution is -2.51. The zero-order valence-corrected chi connectivity index (χ0v) is 9.56. The van der Waals surface area contributed by atoms with Crippen LogP contribution in [0.4, 0.5) is 0 Å². The van der Waals surface area contributed by atoms with E-state index < -0.39 is 0 Å². The minimum atomic E-state index is -0.388. The van der Waals surface area contributed by atoms with Crippen LogP contribution in [0.25, 0.3) is 0 Å². The molecule has 0 radical (unpaired) electrons. The van der Waals surface area contributed by atoms with Gasteiger partial charge in [0.05, 0.1) is 12.7 Å². The predicted molar refractivity (Wildman–Crippen MR) is 58.7 cm³/mol. The van der Waals surface area contributed by atoms with Crippen LogP contribution < -0.4 is 0 Å². The SMILES string of the molecule is CCCCOCC(O)CN1CC(CO)C1. The largest absolute Gasteiger partial charge is 0.396 e. The molecule has 0 amide bonds. The van der Waals surface area contributed by atoms with Crippen molar-refractivity contribution in [2.75, 3.05) is 39.5 Å². The molecule has 1 aliphatic heterocycles. The van der Waals surface area contributed by atoms with Crippen molar-refractivity contribution in [2.24, 2.45) is 5.92 Å². The average molecular weight is 217 g/mol. The van der Waals surface area contributed by atoms with E-state index in [-0.39, 0.29) is 12.7 Å². The zero-order chi connectivity index (χ0) is 11.1. The number of rotatable bonds is 8. The van der Waals surface area contributed by atoms with Gasteiger partial charge in [-0.15, -0.1) is 0 Å². The first-order valence-electron chi connectivity index (χ1n) is 5.85. The standard InChI is InChI=1S/C11H23NO3/c1-2-3-4-15-9-11(14)7-12-5-10(6-12)8-13/h10-11,13-14H,2-9H2,1H3. The van der Waals surface area contributed by atoms with Gasteiger partial charge < -0.3 is 14.9 Å². The molecule has 1 fully saturated rings. The Hall–Kier alpha value is -0.160. The lowest BCUT2D eigenvalue weighted by molar-refractivity contribution is -0.0196. The van der Waals surface area contributed by atoms with Crippen molar-refractivity contribution in [1.82, 2.24) is 4.90 Å². The number of hydrogen-bond donors (Lipinski definition) is 2. The third-order valence-electron chi connectivity index (χ3n) is 2.71. The van der Waals surface area contributed by atoms with Crippen LogP contribution >= 0.6 is 0 Å². The van der Waals surface area contributed by atoms with Gasteiger partial charge in [0.2, 0.25) is 0 Å². The summed E-state index contributed by atoms with van der Waals surface area (Å²) in [6.07, 6.45) is 1.80. The molecule has 4 nitrogen and oxygen atoms in total. The molecule has 0 bridgehead atoms. The Bertz CT molecular complexity index is 160. The topological polar surface area (TPSA) is 52.9 Å². The molecular weight excluding hydrogens is 194 g/mol. The Kier molecular flexibility index (Phi) is 6.17. The Morgan fingerprint density at radius 3 is 2.80 bits per heavy atom. The summed E-state index contributed by atoms with van der Waals surface area (Å²) in [6, 6.07) is 0. The number of aliphatic hydroxyl groups is 2. The monoisotopic (exact) mass is 217 g/mol. The first-order chi connectivity index (χ1) is 7.26. The average Bonchev–Trinajstić information content (AvgIpc) is 2.17. The fraction of sp³-hybridized carbons (Fsp3) is 1.00. The van der Waals surface area contributed by atoms with Crippen LogP contribution in [0.5, 0.6) is 0 Å². The van der Waals surface area contributed by atoms with Crippen LogP contribution in [0.3, 0.4) is 0 Å². The van der Waals surface area contributed by atoms with Crippen molar-refractivity contribution in [3.8, 4) is 0 Å². The first kappa shape index (κ1) is 12.9. The molecule has 0 aliphatic carbocycles. The summed E-state index contributed by atoms with van der Waals surface area (Å²) in [5, 5.41) is 18.4. The lowest BCUT2D eigenvalue weighted by Gasteiger charge is -2.39. The van der Waals surface area contributed by atoms with Crippen molar-refractivity contribution >= 4 is 0 Å². The van der Waals surface area contributed by atoms with E-state index in [1.807, 2.05) is 0 Å². The Balaban J connectivity index is 1.92. The molecule has 1 aliphatic rings. The van der Waals surface area contributed by atoms with Crippen LogP contribution in [0.2, 0.25) is 0 Å². The molecule has 0 aromatic rings. The molecule has 0 spiro atoms. The maximum atomic E-state index is 9.61. The molecule has 0 aromatic heterocycles. The number of β-amino-alcohol motifs (C(OH)–C–C–N with tert-alkyl or cyclic N) is 1. The van der Waals surface area contributed by atoms with E-state index in [0.29, 0.717) is 19.1 Å². The van der Waals surface area contributed by atoms with Gasteiger partial charge in [-0.05, 0) is 6.42 Å². The molecule has 1 heterocycles. The normalized spacial score (nSPS) is 20.2. The zero-order valence-electron chi connectivity index (χ0n) is 9.56. The lowest BCUT2D eigenvalue weighted by atomic mass is 10.0. The van der Waals surface area contributed by atoms with E-state index in [2.05, 4.69) is 11.8 Å². The molecule has 0 aromatic carbocycles. The second-order valence-electron chi connectivity index (χ2n) is 4.35. The van der Waals surface area contributed by atoms with Crippen LogP contribution in [-0.2, 0) is 4.74 Å². The number of likely N-dealkylation sites (tertiary alicyclic amines) is 1. The summed E-state index contributed by atoms with van der Waals surface area (Å²) in [5.74, 6) is 0.415. The number of hydrogen-bond acceptors (Lipinski definition) is 4. The molecule has 1 atom stereocenters. The van der Waals surface area contributed by atoms with Gasteiger partial charge in [-0.1, -0.05) is 13.3 Å². The number of ether oxygens (including phenoxy) is 1. The van der Waals surface area contributed by atoms with Crippen molar-refractivity contribution in [1.29, 1.82) is 0 Å². The highest BCUT2D eigenvalue weighted by Gasteiger charge is 2.27. The smallest absolute Gasteiger partial charge is 0.0900 e. The molecule has 15 heavy (non-hydrogen) atoms. The van der Waals surface area contributed by atoms with Gasteiger partial charge in [0, 0.05) is 38.8 Å². The fourth-order valence-electron chi connectivity index (χ4n) is 1.76. The highest BCUT2D eigenvalue weighted by Crippen LogP contribution is 2.14. The first-order valence-corrected chi connectivity index (χ1v) is 5.85. The van der Waals surface area contributed by atoms with Crippen LogP contribution in [0.15, 0.2) is 0 Å². The third kappa shape index (κ3) is 4.93. The van der Waals surface area contributed by atoms with Crippen LogP contribution in [0.1, 0.15) is 19.8 Å². The summed E-state index contributed by atoms with van der Waals surface area (Å²) >= 11 is 0. The third-order valence-corrected chi connectivity index (χ3v) is 2.71. The molecule has 1 rings (SSSR count). The minimum absolute atomic E-state index is 0.263. The second-order valence-corrected chi connectivity index (χ2v) is 4.35. The number of nitrogens with zero attached hydrogens (tertiary/aromatic N) is 1. The van der Waals surface area contributed by atoms with Gasteiger partial charge >= 0.3 is 0 Å². The molecule has 1 saturated heterocycles. The van der Waals surface area contributed by atoms with E-state index in [4.69, 9.17) is 9.84 Å².